The van der Waals surface area contributed by atoms with Gasteiger partial charge in [0.1, 0.15) is 0 Å². The summed E-state index contributed by atoms with van der Waals surface area (Å²) in [7, 11) is 0. The van der Waals surface area contributed by atoms with Crippen molar-refractivity contribution in [2.24, 2.45) is 0 Å². The molecule has 0 aliphatic rings. The Morgan fingerprint density at radius 1 is 0.300 bits per heavy atom. The summed E-state index contributed by atoms with van der Waals surface area (Å²) in [5.74, 6) is 0. The molecule has 0 unspecified atom stereocenters. The summed E-state index contributed by atoms with van der Waals surface area (Å²) in [6, 6.07) is 0. The van der Waals surface area contributed by atoms with Crippen molar-refractivity contribution in [2.75, 3.05) is 0 Å². The minimum absolute atomic E-state index is 0. The molecule has 0 atom stereocenters. The van der Waals surface area contributed by atoms with Gasteiger partial charge in [0.05, 0.1) is 0 Å². The van der Waals surface area contributed by atoms with Gasteiger partial charge in [0, 0.05) is 0 Å². The minimum atomic E-state index is 0. The van der Waals surface area contributed by atoms with Crippen LogP contribution < -0.4 is 37.6 Å². The van der Waals surface area contributed by atoms with E-state index in [9.17, 15) is 0 Å². The van der Waals surface area contributed by atoms with Crippen LogP contribution in [0.15, 0.2) is 0 Å². The van der Waals surface area contributed by atoms with Crippen LogP contribution in [-0.4, -0.2) is 23.9 Å². The zero-order valence-corrected chi connectivity index (χ0v) is 9.11. The third kappa shape index (κ3) is 701. The largest absolute Gasteiger partial charge is 4.00 e. The third-order valence-electron chi connectivity index (χ3n) is 0. The summed E-state index contributed by atoms with van der Waals surface area (Å²) >= 11 is 0. The van der Waals surface area contributed by atoms with E-state index in [4.69, 9.17) is 0 Å². The normalized spacial score (nSPS) is 0. The molecule has 10 heavy (non-hydrogen) atoms. The predicted octanol–water partition coefficient (Wildman–Crippen LogP) is -24.4. The van der Waals surface area contributed by atoms with Crippen molar-refractivity contribution in [1.29, 1.82) is 0 Å². The Balaban J connectivity index is 0. The Morgan fingerprint density at radius 3 is 0.300 bits per heavy atom. The van der Waals surface area contributed by atoms with E-state index in [1.165, 1.54) is 0 Å². The van der Waals surface area contributed by atoms with Gasteiger partial charge in [-0.15, -0.1) is 0 Å². The van der Waals surface area contributed by atoms with Gasteiger partial charge in [0.25, 0.3) is 0 Å². The van der Waals surface area contributed by atoms with Gasteiger partial charge in [-0.3, -0.25) is 0 Å². The predicted molar refractivity (Wildman–Crippen MR) is 5.75 cm³/mol. The van der Waals surface area contributed by atoms with E-state index >= 15 is 0 Å². The van der Waals surface area contributed by atoms with Gasteiger partial charge in [-0.1, -0.05) is 0 Å². The molecular weight excluding hydrogens is 463 g/mol. The summed E-state index contributed by atoms with van der Waals surface area (Å²) in [5.41, 5.74) is 0. The van der Waals surface area contributed by atoms with Gasteiger partial charge >= 0.3 is 44.0 Å². The third-order valence-corrected chi connectivity index (χ3v) is 0. The van der Waals surface area contributed by atoms with Crippen LogP contribution in [0.5, 0.6) is 0 Å². The summed E-state index contributed by atoms with van der Waals surface area (Å²) in [6.07, 6.45) is 0. The van der Waals surface area contributed by atoms with Gasteiger partial charge < -0.3 is 37.6 Å². The first kappa shape index (κ1) is 1350. The zero-order valence-electron chi connectivity index (χ0n) is 3.86. The van der Waals surface area contributed by atoms with Crippen LogP contribution in [0, 0.1) is 0 Å². The van der Waals surface area contributed by atoms with E-state index in [1.807, 2.05) is 0 Å². The van der Waals surface area contributed by atoms with E-state index in [0.717, 1.165) is 0 Å². The number of hydrogen-bond donors (Lipinski definition) is 0. The maximum atomic E-state index is 0. The fourth-order valence-electron chi connectivity index (χ4n) is 0. The van der Waals surface area contributed by atoms with Crippen molar-refractivity contribution in [3.8, 4) is 0 Å². The second kappa shape index (κ2) is 990. The van der Waals surface area contributed by atoms with E-state index in [-0.39, 0.29) is 81.6 Å². The molecule has 0 aromatic heterocycles. The van der Waals surface area contributed by atoms with Crippen molar-refractivity contribution >= 4 is 23.9 Å². The van der Waals surface area contributed by atoms with Crippen LogP contribution in [0.3, 0.4) is 0 Å². The molecule has 0 fully saturated rings. The van der Waals surface area contributed by atoms with Crippen LogP contribution in [0.2, 0.25) is 0 Å². The van der Waals surface area contributed by atoms with Gasteiger partial charge in [-0.2, -0.15) is 0 Å². The summed E-state index contributed by atoms with van der Waals surface area (Å²) in [4.78, 5) is 0. The molecule has 0 amide bonds. The average molecular weight is 463 g/mol. The second-order valence-electron chi connectivity index (χ2n) is 0. The first-order valence-corrected chi connectivity index (χ1v) is 0. The fraction of sp³-hybridized carbons (Fsp3) is 0. The maximum absolute atomic E-state index is 0. The monoisotopic (exact) mass is 465 g/mol. The standard InChI is InChI=1S/8FH.Ir.Sn/h8*1H;;/q;;;;;;;;2*+4/p-8. The van der Waals surface area contributed by atoms with E-state index < -0.39 is 0 Å². The smallest absolute Gasteiger partial charge is 1.00 e. The molecule has 0 heterocycles. The Hall–Kier alpha value is 0.888. The summed E-state index contributed by atoms with van der Waals surface area (Å²) in [6.45, 7) is 0. The first-order chi connectivity index (χ1) is 0. The Bertz CT molecular complexity index is 9.22. The molecule has 0 aromatic carbocycles. The molecule has 69 valence electrons. The Morgan fingerprint density at radius 2 is 0.300 bits per heavy atom. The molecule has 10 heteroatoms. The summed E-state index contributed by atoms with van der Waals surface area (Å²) < 4.78 is 0. The molecule has 0 nitrogen and oxygen atoms in total. The molecule has 1 radical (unpaired) electrons. The average Bonchev–Trinajstić information content (AvgIpc) is 0. The van der Waals surface area contributed by atoms with Gasteiger partial charge in [-0.05, 0) is 0 Å². The summed E-state index contributed by atoms with van der Waals surface area (Å²) in [5, 5.41) is 0. The molecule has 0 aliphatic heterocycles. The molecule has 0 bridgehead atoms. The van der Waals surface area contributed by atoms with Crippen molar-refractivity contribution in [2.45, 2.75) is 0 Å². The van der Waals surface area contributed by atoms with Gasteiger partial charge in [0.2, 0.25) is 0 Å². The molecule has 0 N–H and O–H groups in total. The quantitative estimate of drug-likeness (QED) is 0.248. The zero-order chi connectivity index (χ0) is 0. The van der Waals surface area contributed by atoms with E-state index in [2.05, 4.69) is 0 Å². The number of hydrogen-bond acceptors (Lipinski definition) is 0. The topological polar surface area (TPSA) is 0 Å². The van der Waals surface area contributed by atoms with Crippen molar-refractivity contribution < 1.29 is 57.7 Å². The van der Waals surface area contributed by atoms with E-state index in [0.29, 0.717) is 0 Å². The Labute approximate surface area is 81.8 Å². The van der Waals surface area contributed by atoms with Crippen LogP contribution in [0.4, 0.5) is 0 Å². The van der Waals surface area contributed by atoms with E-state index in [1.54, 1.807) is 0 Å². The molecule has 0 spiro atoms. The van der Waals surface area contributed by atoms with Gasteiger partial charge in [-0.25, -0.2) is 0 Å². The SMILES string of the molecule is [F-].[F-].[F-].[F-].[F-].[F-].[F-].[F-].[Ir+4].[Sn+4]. The van der Waals surface area contributed by atoms with Crippen LogP contribution in [0.25, 0.3) is 0 Å². The molecule has 0 rings (SSSR count). The number of rotatable bonds is 0. The van der Waals surface area contributed by atoms with Crippen molar-refractivity contribution in [3.05, 3.63) is 0 Å². The molecule has 0 aliphatic carbocycles. The van der Waals surface area contributed by atoms with Crippen molar-refractivity contribution in [1.82, 2.24) is 0 Å². The van der Waals surface area contributed by atoms with Crippen LogP contribution in [-0.2, 0) is 20.1 Å². The maximum Gasteiger partial charge on any atom is 4.00 e. The minimum Gasteiger partial charge on any atom is -1.00 e. The fourth-order valence-corrected chi connectivity index (χ4v) is 0. The second-order valence-corrected chi connectivity index (χ2v) is 0. The molecule has 0 saturated heterocycles. The van der Waals surface area contributed by atoms with Crippen LogP contribution >= 0.6 is 0 Å². The molecule has 0 aromatic rings. The van der Waals surface area contributed by atoms with Gasteiger partial charge in [0.15, 0.2) is 0 Å². The Kier molecular flexibility index (Phi) is 134000. The molecular formula is F8IrSn. The molecule has 0 saturated carbocycles. The first-order valence-electron chi connectivity index (χ1n) is 0. The van der Waals surface area contributed by atoms with Crippen molar-refractivity contribution in [3.63, 3.8) is 0 Å². The van der Waals surface area contributed by atoms with Crippen LogP contribution in [0.1, 0.15) is 0 Å². The number of halogens is 8.